The van der Waals surface area contributed by atoms with Gasteiger partial charge in [0.15, 0.2) is 0 Å². The average molecular weight is 313 g/mol. The summed E-state index contributed by atoms with van der Waals surface area (Å²) in [5, 5.41) is 3.12. The first-order valence-corrected chi connectivity index (χ1v) is 7.59. The second-order valence-corrected chi connectivity index (χ2v) is 5.35. The minimum absolute atomic E-state index is 0.0145. The third-order valence-electron chi connectivity index (χ3n) is 3.51. The van der Waals surface area contributed by atoms with Gasteiger partial charge in [-0.05, 0) is 31.9 Å². The van der Waals surface area contributed by atoms with Crippen molar-refractivity contribution in [2.75, 3.05) is 36.0 Å². The van der Waals surface area contributed by atoms with Crippen molar-refractivity contribution in [3.05, 3.63) is 5.28 Å². The first kappa shape index (κ1) is 15.8. The Bertz CT molecular complexity index is 507. The Morgan fingerprint density at radius 3 is 2.71 bits per heavy atom. The zero-order valence-corrected chi connectivity index (χ0v) is 13.4. The van der Waals surface area contributed by atoms with Gasteiger partial charge < -0.3 is 15.1 Å². The smallest absolute Gasteiger partial charge is 0.231 e. The Labute approximate surface area is 129 Å². The summed E-state index contributed by atoms with van der Waals surface area (Å²) in [6, 6.07) is 0.134. The molecule has 0 spiro atoms. The lowest BCUT2D eigenvalue weighted by atomic mass is 10.3. The zero-order chi connectivity index (χ0) is 15.4. The Balaban J connectivity index is 2.15. The van der Waals surface area contributed by atoms with Crippen LogP contribution in [0.1, 0.15) is 27.2 Å². The minimum Gasteiger partial charge on any atom is -0.352 e. The van der Waals surface area contributed by atoms with Gasteiger partial charge in [0.2, 0.25) is 23.1 Å². The fraction of sp³-hybridized carbons (Fsp3) is 0.692. The molecule has 0 bridgehead atoms. The maximum Gasteiger partial charge on any atom is 0.231 e. The lowest BCUT2D eigenvalue weighted by Crippen LogP contribution is -2.36. The molecule has 1 aliphatic heterocycles. The van der Waals surface area contributed by atoms with E-state index in [4.69, 9.17) is 11.6 Å². The Hall–Kier alpha value is -1.63. The molecular weight excluding hydrogens is 292 g/mol. The van der Waals surface area contributed by atoms with Crippen molar-refractivity contribution in [2.45, 2.75) is 33.2 Å². The van der Waals surface area contributed by atoms with Gasteiger partial charge in [0.05, 0.1) is 0 Å². The quantitative estimate of drug-likeness (QED) is 0.877. The number of anilines is 2. The molecule has 1 unspecified atom stereocenters. The standard InChI is InChI=1S/C13H21ClN6O/c1-4-19(5-2)12-16-11(14)17-13(18-12)20-7-6-10(8-20)15-9(3)21/h10H,4-8H2,1-3H3,(H,15,21). The number of carbonyl (C=O) groups excluding carboxylic acids is 1. The molecule has 2 rings (SSSR count). The van der Waals surface area contributed by atoms with E-state index in [0.29, 0.717) is 18.4 Å². The third-order valence-corrected chi connectivity index (χ3v) is 3.68. The zero-order valence-electron chi connectivity index (χ0n) is 12.6. The predicted octanol–water partition coefficient (Wildman–Crippen LogP) is 1.09. The Morgan fingerprint density at radius 2 is 2.10 bits per heavy atom. The molecule has 2 heterocycles. The highest BCUT2D eigenvalue weighted by Gasteiger charge is 2.26. The van der Waals surface area contributed by atoms with Crippen LogP contribution in [-0.4, -0.2) is 53.1 Å². The highest BCUT2D eigenvalue weighted by Crippen LogP contribution is 2.20. The summed E-state index contributed by atoms with van der Waals surface area (Å²) in [5.74, 6) is 1.15. The summed E-state index contributed by atoms with van der Waals surface area (Å²) in [6.07, 6.45) is 0.878. The molecule has 21 heavy (non-hydrogen) atoms. The Morgan fingerprint density at radius 1 is 1.38 bits per heavy atom. The number of hydrogen-bond donors (Lipinski definition) is 1. The van der Waals surface area contributed by atoms with Crippen molar-refractivity contribution in [2.24, 2.45) is 0 Å². The van der Waals surface area contributed by atoms with Gasteiger partial charge in [0.25, 0.3) is 0 Å². The fourth-order valence-electron chi connectivity index (χ4n) is 2.47. The maximum atomic E-state index is 11.1. The number of nitrogens with one attached hydrogen (secondary N) is 1. The van der Waals surface area contributed by atoms with Crippen molar-refractivity contribution in [1.29, 1.82) is 0 Å². The number of nitrogens with zero attached hydrogens (tertiary/aromatic N) is 5. The summed E-state index contributed by atoms with van der Waals surface area (Å²) in [4.78, 5) is 28.1. The monoisotopic (exact) mass is 312 g/mol. The van der Waals surface area contributed by atoms with Crippen LogP contribution in [0.2, 0.25) is 5.28 Å². The van der Waals surface area contributed by atoms with E-state index in [2.05, 4.69) is 20.3 Å². The number of amides is 1. The van der Waals surface area contributed by atoms with E-state index in [0.717, 1.165) is 26.1 Å². The molecule has 116 valence electrons. The molecule has 0 radical (unpaired) electrons. The highest BCUT2D eigenvalue weighted by atomic mass is 35.5. The van der Waals surface area contributed by atoms with E-state index < -0.39 is 0 Å². The molecule has 1 N–H and O–H groups in total. The summed E-state index contributed by atoms with van der Waals surface area (Å²) >= 11 is 6.02. The lowest BCUT2D eigenvalue weighted by molar-refractivity contribution is -0.119. The molecule has 1 saturated heterocycles. The van der Waals surface area contributed by atoms with Crippen molar-refractivity contribution >= 4 is 29.4 Å². The van der Waals surface area contributed by atoms with Gasteiger partial charge >= 0.3 is 0 Å². The number of aromatic nitrogens is 3. The normalized spacial score (nSPS) is 17.9. The van der Waals surface area contributed by atoms with Crippen LogP contribution in [-0.2, 0) is 4.79 Å². The van der Waals surface area contributed by atoms with Gasteiger partial charge in [0, 0.05) is 39.1 Å². The first-order chi connectivity index (χ1) is 10.0. The van der Waals surface area contributed by atoms with Crippen LogP contribution < -0.4 is 15.1 Å². The highest BCUT2D eigenvalue weighted by molar-refractivity contribution is 6.28. The molecule has 0 aliphatic carbocycles. The van der Waals surface area contributed by atoms with Gasteiger partial charge in [0.1, 0.15) is 0 Å². The molecule has 1 atom stereocenters. The molecular formula is C13H21ClN6O. The number of carbonyl (C=O) groups is 1. The lowest BCUT2D eigenvalue weighted by Gasteiger charge is -2.21. The fourth-order valence-corrected chi connectivity index (χ4v) is 2.62. The second-order valence-electron chi connectivity index (χ2n) is 5.01. The van der Waals surface area contributed by atoms with Gasteiger partial charge in [-0.15, -0.1) is 0 Å². The molecule has 1 aliphatic rings. The van der Waals surface area contributed by atoms with E-state index in [1.807, 2.05) is 23.6 Å². The average Bonchev–Trinajstić information content (AvgIpc) is 2.87. The van der Waals surface area contributed by atoms with Crippen LogP contribution in [0, 0.1) is 0 Å². The largest absolute Gasteiger partial charge is 0.352 e. The van der Waals surface area contributed by atoms with Gasteiger partial charge in [-0.25, -0.2) is 0 Å². The molecule has 1 amide bonds. The minimum atomic E-state index is -0.0145. The summed E-state index contributed by atoms with van der Waals surface area (Å²) in [7, 11) is 0. The van der Waals surface area contributed by atoms with Crippen LogP contribution in [0.4, 0.5) is 11.9 Å². The maximum absolute atomic E-state index is 11.1. The van der Waals surface area contributed by atoms with Crippen LogP contribution in [0.5, 0.6) is 0 Å². The summed E-state index contributed by atoms with van der Waals surface area (Å²) in [5.41, 5.74) is 0. The van der Waals surface area contributed by atoms with Gasteiger partial charge in [-0.3, -0.25) is 4.79 Å². The van der Waals surface area contributed by atoms with E-state index >= 15 is 0 Å². The molecule has 1 aromatic heterocycles. The number of halogens is 1. The van der Waals surface area contributed by atoms with E-state index in [1.54, 1.807) is 0 Å². The van der Waals surface area contributed by atoms with Crippen LogP contribution in [0.25, 0.3) is 0 Å². The molecule has 1 aromatic rings. The molecule has 7 nitrogen and oxygen atoms in total. The molecule has 0 aromatic carbocycles. The number of rotatable bonds is 5. The Kier molecular flexibility index (Phi) is 5.17. The summed E-state index contributed by atoms with van der Waals surface area (Å²) in [6.45, 7) is 8.73. The van der Waals surface area contributed by atoms with Crippen LogP contribution in [0.3, 0.4) is 0 Å². The van der Waals surface area contributed by atoms with Crippen molar-refractivity contribution < 1.29 is 4.79 Å². The molecule has 8 heteroatoms. The first-order valence-electron chi connectivity index (χ1n) is 7.22. The van der Waals surface area contributed by atoms with Crippen LogP contribution >= 0.6 is 11.6 Å². The van der Waals surface area contributed by atoms with Crippen molar-refractivity contribution in [1.82, 2.24) is 20.3 Å². The second kappa shape index (κ2) is 6.89. The third kappa shape index (κ3) is 3.93. The van der Waals surface area contributed by atoms with Gasteiger partial charge in [-0.2, -0.15) is 15.0 Å². The summed E-state index contributed by atoms with van der Waals surface area (Å²) < 4.78 is 0. The SMILES string of the molecule is CCN(CC)c1nc(Cl)nc(N2CCC(NC(C)=O)C2)n1. The van der Waals surface area contributed by atoms with Gasteiger partial charge in [-0.1, -0.05) is 0 Å². The topological polar surface area (TPSA) is 74.2 Å². The van der Waals surface area contributed by atoms with Crippen molar-refractivity contribution in [3.63, 3.8) is 0 Å². The van der Waals surface area contributed by atoms with E-state index in [1.165, 1.54) is 6.92 Å². The van der Waals surface area contributed by atoms with E-state index in [9.17, 15) is 4.79 Å². The molecule has 1 fully saturated rings. The van der Waals surface area contributed by atoms with Crippen molar-refractivity contribution in [3.8, 4) is 0 Å². The van der Waals surface area contributed by atoms with Crippen LogP contribution in [0.15, 0.2) is 0 Å². The van der Waals surface area contributed by atoms with E-state index in [-0.39, 0.29) is 17.2 Å². The predicted molar refractivity (Wildman–Crippen MR) is 82.8 cm³/mol. The molecule has 0 saturated carbocycles. The number of hydrogen-bond acceptors (Lipinski definition) is 6.